The van der Waals surface area contributed by atoms with Crippen molar-refractivity contribution in [3.8, 4) is 5.75 Å². The van der Waals surface area contributed by atoms with Gasteiger partial charge in [0.15, 0.2) is 0 Å². The first-order valence-electron chi connectivity index (χ1n) is 10.3. The molecule has 0 radical (unpaired) electrons. The lowest BCUT2D eigenvalue weighted by molar-refractivity contribution is 0.153. The Bertz CT molecular complexity index is 766. The first-order valence-corrected chi connectivity index (χ1v) is 10.3. The van der Waals surface area contributed by atoms with Gasteiger partial charge in [0, 0.05) is 13.0 Å². The molecule has 2 aliphatic carbocycles. The molecule has 9 heteroatoms. The number of nitrogens with zero attached hydrogens (tertiary/aromatic N) is 4. The minimum absolute atomic E-state index is 0.216. The van der Waals surface area contributed by atoms with Crippen LogP contribution in [-0.4, -0.2) is 40.6 Å². The average molecular weight is 403 g/mol. The molecule has 0 saturated heterocycles. The van der Waals surface area contributed by atoms with E-state index in [4.69, 9.17) is 27.9 Å². The van der Waals surface area contributed by atoms with Gasteiger partial charge in [0.05, 0.1) is 35.4 Å². The molecule has 1 heterocycles. The Kier molecular flexibility index (Phi) is 6.81. The molecule has 1 aromatic rings. The zero-order chi connectivity index (χ0) is 21.0. The third-order valence-corrected chi connectivity index (χ3v) is 5.45. The summed E-state index contributed by atoms with van der Waals surface area (Å²) in [5, 5.41) is 6.93. The van der Waals surface area contributed by atoms with Crippen molar-refractivity contribution in [1.29, 1.82) is 0 Å². The second kappa shape index (κ2) is 9.32. The molecule has 29 heavy (non-hydrogen) atoms. The van der Waals surface area contributed by atoms with Crippen LogP contribution >= 0.6 is 0 Å². The number of hydrazine groups is 2. The summed E-state index contributed by atoms with van der Waals surface area (Å²) in [6.07, 6.45) is 8.33. The zero-order valence-corrected chi connectivity index (χ0v) is 17.5. The average Bonchev–Trinajstić information content (AvgIpc) is 3.53. The van der Waals surface area contributed by atoms with Gasteiger partial charge in [-0.05, 0) is 57.6 Å². The van der Waals surface area contributed by atoms with E-state index in [2.05, 4.69) is 10.1 Å². The molecule has 0 aliphatic heterocycles. The highest BCUT2D eigenvalue weighted by Crippen LogP contribution is 2.29. The fourth-order valence-corrected chi connectivity index (χ4v) is 3.52. The molecule has 0 unspecified atom stereocenters. The van der Waals surface area contributed by atoms with E-state index >= 15 is 0 Å². The largest absolute Gasteiger partial charge is 0.489 e. The van der Waals surface area contributed by atoms with Gasteiger partial charge in [-0.1, -0.05) is 6.42 Å². The van der Waals surface area contributed by atoms with Crippen molar-refractivity contribution in [1.82, 2.24) is 15.1 Å². The summed E-state index contributed by atoms with van der Waals surface area (Å²) in [5.41, 5.74) is 14.8. The number of likely N-dealkylation sites (N-methyl/N-ethyl adjacent to an activating group) is 1. The van der Waals surface area contributed by atoms with Crippen LogP contribution in [0.5, 0.6) is 5.75 Å². The smallest absolute Gasteiger partial charge is 0.140 e. The van der Waals surface area contributed by atoms with E-state index in [0.717, 1.165) is 37.1 Å². The van der Waals surface area contributed by atoms with Gasteiger partial charge < -0.3 is 21.2 Å². The number of hydrazone groups is 1. The van der Waals surface area contributed by atoms with Gasteiger partial charge in [-0.2, -0.15) is 0 Å². The molecule has 9 nitrogen and oxygen atoms in total. The van der Waals surface area contributed by atoms with Gasteiger partial charge in [0.2, 0.25) is 0 Å². The van der Waals surface area contributed by atoms with Crippen molar-refractivity contribution in [2.75, 3.05) is 13.6 Å². The molecule has 3 rings (SSSR count). The van der Waals surface area contributed by atoms with Crippen LogP contribution in [0, 0.1) is 12.8 Å². The lowest BCUT2D eigenvalue weighted by Crippen LogP contribution is -2.38. The number of hydrogen-bond donors (Lipinski definition) is 4. The number of amidine groups is 1. The summed E-state index contributed by atoms with van der Waals surface area (Å²) in [7, 11) is 1.71. The third-order valence-electron chi connectivity index (χ3n) is 5.45. The molecule has 1 aromatic heterocycles. The highest BCUT2D eigenvalue weighted by Gasteiger charge is 2.26. The maximum absolute atomic E-state index is 6.39. The molecule has 0 aromatic carbocycles. The van der Waals surface area contributed by atoms with E-state index in [9.17, 15) is 0 Å². The second-order valence-electron chi connectivity index (χ2n) is 8.03. The monoisotopic (exact) mass is 402 g/mol. The van der Waals surface area contributed by atoms with Crippen LogP contribution in [0.3, 0.4) is 0 Å². The van der Waals surface area contributed by atoms with Crippen molar-refractivity contribution < 1.29 is 4.74 Å². The van der Waals surface area contributed by atoms with Gasteiger partial charge in [-0.15, -0.1) is 5.10 Å². The summed E-state index contributed by atoms with van der Waals surface area (Å²) < 4.78 is 6.15. The number of hydrogen-bond acceptors (Lipinski definition) is 8. The number of aromatic nitrogens is 1. The van der Waals surface area contributed by atoms with E-state index in [0.29, 0.717) is 28.8 Å². The van der Waals surface area contributed by atoms with E-state index in [-0.39, 0.29) is 12.6 Å². The van der Waals surface area contributed by atoms with Gasteiger partial charge >= 0.3 is 0 Å². The molecule has 2 fully saturated rings. The number of ether oxygens (including phenoxy) is 1. The molecule has 0 atom stereocenters. The molecule has 0 spiro atoms. The maximum atomic E-state index is 6.39. The van der Waals surface area contributed by atoms with Crippen molar-refractivity contribution in [3.05, 3.63) is 29.2 Å². The number of pyridine rings is 1. The van der Waals surface area contributed by atoms with Crippen LogP contribution in [-0.2, 0) is 0 Å². The van der Waals surface area contributed by atoms with Crippen LogP contribution in [0.25, 0.3) is 5.70 Å². The quantitative estimate of drug-likeness (QED) is 0.221. The lowest BCUT2D eigenvalue weighted by atomic mass is 9.98. The van der Waals surface area contributed by atoms with Crippen molar-refractivity contribution in [3.63, 3.8) is 0 Å². The van der Waals surface area contributed by atoms with E-state index in [1.807, 2.05) is 19.1 Å². The van der Waals surface area contributed by atoms with Crippen molar-refractivity contribution in [2.45, 2.75) is 58.0 Å². The number of nitrogens with two attached hydrogens (primary N) is 4. The Labute approximate surface area is 172 Å². The van der Waals surface area contributed by atoms with Crippen LogP contribution in [0.4, 0.5) is 0 Å². The van der Waals surface area contributed by atoms with Crippen molar-refractivity contribution >= 4 is 11.5 Å². The fraction of sp³-hybridized carbons (Fsp3) is 0.600. The Morgan fingerprint density at radius 2 is 1.83 bits per heavy atom. The molecule has 0 amide bonds. The predicted molar refractivity (Wildman–Crippen MR) is 115 cm³/mol. The SMILES string of the molecule is Cc1nc(/C(N)=C(\CN(N)/N=C(\N)C2CC2)N(C)N)ccc1OC1CCCCC1. The first kappa shape index (κ1) is 21.2. The fourth-order valence-electron chi connectivity index (χ4n) is 3.52. The van der Waals surface area contributed by atoms with E-state index in [1.54, 1.807) is 7.05 Å². The Morgan fingerprint density at radius 1 is 1.14 bits per heavy atom. The molecule has 0 bridgehead atoms. The minimum Gasteiger partial charge on any atom is -0.489 e. The van der Waals surface area contributed by atoms with Crippen LogP contribution in [0.15, 0.2) is 22.9 Å². The normalized spacial score (nSPS) is 19.0. The van der Waals surface area contributed by atoms with Crippen LogP contribution in [0.1, 0.15) is 56.3 Å². The lowest BCUT2D eigenvalue weighted by Gasteiger charge is -2.25. The Balaban J connectivity index is 1.75. The molecule has 8 N–H and O–H groups in total. The second-order valence-corrected chi connectivity index (χ2v) is 8.03. The zero-order valence-electron chi connectivity index (χ0n) is 17.5. The predicted octanol–water partition coefficient (Wildman–Crippen LogP) is 1.39. The summed E-state index contributed by atoms with van der Waals surface area (Å²) in [5.74, 6) is 13.7. The number of aryl methyl sites for hydroxylation is 1. The Hall–Kier alpha value is -2.52. The molecule has 160 valence electrons. The van der Waals surface area contributed by atoms with E-state index < -0.39 is 0 Å². The topological polar surface area (TPSA) is 145 Å². The van der Waals surface area contributed by atoms with Gasteiger partial charge in [0.25, 0.3) is 0 Å². The van der Waals surface area contributed by atoms with E-state index in [1.165, 1.54) is 29.4 Å². The summed E-state index contributed by atoms with van der Waals surface area (Å²) >= 11 is 0. The number of rotatable bonds is 8. The van der Waals surface area contributed by atoms with Gasteiger partial charge in [0.1, 0.15) is 11.6 Å². The molecular weight excluding hydrogens is 368 g/mol. The summed E-state index contributed by atoms with van der Waals surface area (Å²) in [4.78, 5) is 4.64. The highest BCUT2D eigenvalue weighted by molar-refractivity contribution is 5.84. The molecule has 2 saturated carbocycles. The standard InChI is InChI=1S/C20H34N8O/c1-13-18(29-15-6-4-3-5-7-15)11-10-16(25-13)19(21)17(27(2)23)12-28(24)26-20(22)14-8-9-14/h10-11,14-15H,3-9,12,21,23-24H2,1-2H3,(H2,22,26)/b19-17-. The molecular formula is C20H34N8O. The summed E-state index contributed by atoms with van der Waals surface area (Å²) in [6, 6.07) is 3.78. The Morgan fingerprint density at radius 3 is 2.41 bits per heavy atom. The third kappa shape index (κ3) is 5.74. The van der Waals surface area contributed by atoms with Gasteiger partial charge in [-0.25, -0.2) is 21.8 Å². The highest BCUT2D eigenvalue weighted by atomic mass is 16.5. The van der Waals surface area contributed by atoms with Crippen LogP contribution < -0.4 is 27.9 Å². The first-order chi connectivity index (χ1) is 13.8. The molecule has 2 aliphatic rings. The van der Waals surface area contributed by atoms with Crippen molar-refractivity contribution in [2.24, 2.45) is 34.2 Å². The minimum atomic E-state index is 0.216. The van der Waals surface area contributed by atoms with Gasteiger partial charge in [-0.3, -0.25) is 0 Å². The van der Waals surface area contributed by atoms with Crippen LogP contribution in [0.2, 0.25) is 0 Å². The summed E-state index contributed by atoms with van der Waals surface area (Å²) in [6.45, 7) is 2.14. The maximum Gasteiger partial charge on any atom is 0.140 e.